The highest BCUT2D eigenvalue weighted by molar-refractivity contribution is 7.98. The number of hydrogen-bond donors (Lipinski definition) is 1. The zero-order chi connectivity index (χ0) is 21.6. The summed E-state index contributed by atoms with van der Waals surface area (Å²) in [4.78, 5) is 19.8. The average Bonchev–Trinajstić information content (AvgIpc) is 3.20. The molecule has 7 heteroatoms. The number of piperidine rings is 1. The Labute approximate surface area is 187 Å². The Balaban J connectivity index is 1.35. The summed E-state index contributed by atoms with van der Waals surface area (Å²) < 4.78 is 5.11. The Morgan fingerprint density at radius 1 is 1.23 bits per heavy atom. The van der Waals surface area contributed by atoms with Crippen molar-refractivity contribution in [3.05, 3.63) is 71.2 Å². The third-order valence-electron chi connectivity index (χ3n) is 5.54. The lowest BCUT2D eigenvalue weighted by Gasteiger charge is -2.30. The molecule has 6 nitrogen and oxygen atoms in total. The SMILES string of the molecule is Cc1cc(CSc2ncccc2C(=O)Nc2ccc(CN3CCC(C)CC3)cc2)no1. The van der Waals surface area contributed by atoms with Gasteiger partial charge in [0.2, 0.25) is 0 Å². The van der Waals surface area contributed by atoms with Gasteiger partial charge in [-0.1, -0.05) is 36.0 Å². The number of carbonyl (C=O) groups is 1. The molecule has 0 unspecified atom stereocenters. The molecule has 0 aliphatic carbocycles. The fraction of sp³-hybridized carbons (Fsp3) is 0.375. The molecule has 1 N–H and O–H groups in total. The summed E-state index contributed by atoms with van der Waals surface area (Å²) in [6.45, 7) is 7.48. The van der Waals surface area contributed by atoms with Crippen molar-refractivity contribution in [2.75, 3.05) is 18.4 Å². The van der Waals surface area contributed by atoms with Crippen molar-refractivity contribution in [3.8, 4) is 0 Å². The molecule has 1 aliphatic rings. The quantitative estimate of drug-likeness (QED) is 0.516. The lowest BCUT2D eigenvalue weighted by Crippen LogP contribution is -2.32. The Kier molecular flexibility index (Phi) is 7.04. The van der Waals surface area contributed by atoms with Crippen molar-refractivity contribution in [3.63, 3.8) is 0 Å². The predicted octanol–water partition coefficient (Wildman–Crippen LogP) is 5.15. The minimum atomic E-state index is -0.162. The van der Waals surface area contributed by atoms with Crippen LogP contribution in [0.4, 0.5) is 5.69 Å². The summed E-state index contributed by atoms with van der Waals surface area (Å²) >= 11 is 1.47. The van der Waals surface area contributed by atoms with E-state index < -0.39 is 0 Å². The molecule has 0 atom stereocenters. The molecule has 0 radical (unpaired) electrons. The molecule has 0 spiro atoms. The van der Waals surface area contributed by atoms with Gasteiger partial charge in [0.25, 0.3) is 5.91 Å². The highest BCUT2D eigenvalue weighted by Gasteiger charge is 2.16. The number of carbonyl (C=O) groups excluding carboxylic acids is 1. The van der Waals surface area contributed by atoms with Crippen LogP contribution in [-0.4, -0.2) is 34.0 Å². The highest BCUT2D eigenvalue weighted by Crippen LogP contribution is 2.25. The maximum atomic E-state index is 12.9. The van der Waals surface area contributed by atoms with E-state index in [1.54, 1.807) is 18.3 Å². The smallest absolute Gasteiger partial charge is 0.258 e. The molecule has 31 heavy (non-hydrogen) atoms. The number of nitrogens with zero attached hydrogens (tertiary/aromatic N) is 3. The van der Waals surface area contributed by atoms with Crippen LogP contribution in [-0.2, 0) is 12.3 Å². The standard InChI is InChI=1S/C24H28N4O2S/c1-17-9-12-28(13-10-17)15-19-5-7-20(8-6-19)26-23(29)22-4-3-11-25-24(22)31-16-21-14-18(2)30-27-21/h3-8,11,14,17H,9-10,12-13,15-16H2,1-2H3,(H,26,29). The van der Waals surface area contributed by atoms with E-state index in [9.17, 15) is 4.79 Å². The zero-order valence-electron chi connectivity index (χ0n) is 18.0. The molecule has 4 rings (SSSR count). The monoisotopic (exact) mass is 436 g/mol. The van der Waals surface area contributed by atoms with Crippen LogP contribution in [0.15, 0.2) is 58.2 Å². The number of aromatic nitrogens is 2. The second kappa shape index (κ2) is 10.1. The molecular weight excluding hydrogens is 408 g/mol. The molecule has 1 fully saturated rings. The van der Waals surface area contributed by atoms with Crippen molar-refractivity contribution in [1.29, 1.82) is 0 Å². The van der Waals surface area contributed by atoms with Gasteiger partial charge in [-0.25, -0.2) is 4.98 Å². The summed E-state index contributed by atoms with van der Waals surface area (Å²) in [7, 11) is 0. The number of thioether (sulfide) groups is 1. The van der Waals surface area contributed by atoms with Gasteiger partial charge in [-0.2, -0.15) is 0 Å². The number of anilines is 1. The number of aryl methyl sites for hydroxylation is 1. The molecule has 1 aromatic carbocycles. The van der Waals surface area contributed by atoms with E-state index in [4.69, 9.17) is 4.52 Å². The van der Waals surface area contributed by atoms with Gasteiger partial charge >= 0.3 is 0 Å². The second-order valence-electron chi connectivity index (χ2n) is 8.18. The van der Waals surface area contributed by atoms with E-state index in [-0.39, 0.29) is 5.91 Å². The number of pyridine rings is 1. The Morgan fingerprint density at radius 3 is 2.71 bits per heavy atom. The molecule has 1 saturated heterocycles. The third kappa shape index (κ3) is 5.95. The van der Waals surface area contributed by atoms with Gasteiger partial charge < -0.3 is 9.84 Å². The molecule has 0 saturated carbocycles. The first-order valence-corrected chi connectivity index (χ1v) is 11.7. The normalized spacial score (nSPS) is 15.2. The van der Waals surface area contributed by atoms with Crippen molar-refractivity contribution in [2.24, 2.45) is 5.92 Å². The zero-order valence-corrected chi connectivity index (χ0v) is 18.8. The van der Waals surface area contributed by atoms with Gasteiger partial charge in [0.05, 0.1) is 11.3 Å². The molecule has 162 valence electrons. The lowest BCUT2D eigenvalue weighted by molar-refractivity contribution is 0.102. The van der Waals surface area contributed by atoms with E-state index in [2.05, 4.69) is 39.4 Å². The summed E-state index contributed by atoms with van der Waals surface area (Å²) in [5, 5.41) is 7.67. The first-order chi connectivity index (χ1) is 15.1. The summed E-state index contributed by atoms with van der Waals surface area (Å²) in [6.07, 6.45) is 4.25. The minimum Gasteiger partial charge on any atom is -0.361 e. The van der Waals surface area contributed by atoms with Crippen LogP contribution in [0, 0.1) is 12.8 Å². The Bertz CT molecular complexity index is 1010. The summed E-state index contributed by atoms with van der Waals surface area (Å²) in [6, 6.07) is 13.6. The maximum Gasteiger partial charge on any atom is 0.258 e. The van der Waals surface area contributed by atoms with Crippen LogP contribution in [0.1, 0.15) is 47.1 Å². The maximum absolute atomic E-state index is 12.9. The van der Waals surface area contributed by atoms with Crippen LogP contribution in [0.25, 0.3) is 0 Å². The van der Waals surface area contributed by atoms with Gasteiger partial charge in [0.1, 0.15) is 10.8 Å². The molecule has 1 amide bonds. The molecule has 2 aromatic heterocycles. The van der Waals surface area contributed by atoms with Gasteiger partial charge in [0, 0.05) is 30.2 Å². The topological polar surface area (TPSA) is 71.3 Å². The number of hydrogen-bond acceptors (Lipinski definition) is 6. The van der Waals surface area contributed by atoms with Gasteiger partial charge in [-0.05, 0) is 68.6 Å². The van der Waals surface area contributed by atoms with Crippen molar-refractivity contribution >= 4 is 23.4 Å². The van der Waals surface area contributed by atoms with Crippen molar-refractivity contribution in [2.45, 2.75) is 44.0 Å². The second-order valence-corrected chi connectivity index (χ2v) is 9.15. The number of likely N-dealkylation sites (tertiary alicyclic amines) is 1. The van der Waals surface area contributed by atoms with Crippen LogP contribution in [0.3, 0.4) is 0 Å². The average molecular weight is 437 g/mol. The van der Waals surface area contributed by atoms with E-state index in [1.165, 1.54) is 30.2 Å². The molecule has 3 heterocycles. The molecule has 3 aromatic rings. The van der Waals surface area contributed by atoms with Crippen LogP contribution in [0.2, 0.25) is 0 Å². The van der Waals surface area contributed by atoms with Gasteiger partial charge in [0.15, 0.2) is 0 Å². The highest BCUT2D eigenvalue weighted by atomic mass is 32.2. The van der Waals surface area contributed by atoms with Gasteiger partial charge in [-0.15, -0.1) is 0 Å². The number of benzene rings is 1. The Morgan fingerprint density at radius 2 is 2.00 bits per heavy atom. The van der Waals surface area contributed by atoms with E-state index in [1.807, 2.05) is 25.1 Å². The first kappa shape index (κ1) is 21.6. The first-order valence-electron chi connectivity index (χ1n) is 10.7. The lowest BCUT2D eigenvalue weighted by atomic mass is 9.99. The van der Waals surface area contributed by atoms with Gasteiger partial charge in [-0.3, -0.25) is 9.69 Å². The number of amides is 1. The van der Waals surface area contributed by atoms with Crippen LogP contribution in [0.5, 0.6) is 0 Å². The van der Waals surface area contributed by atoms with Crippen LogP contribution < -0.4 is 5.32 Å². The van der Waals surface area contributed by atoms with Crippen LogP contribution >= 0.6 is 11.8 Å². The van der Waals surface area contributed by atoms with E-state index >= 15 is 0 Å². The summed E-state index contributed by atoms with van der Waals surface area (Å²) in [5.74, 6) is 2.04. The Hall–Kier alpha value is -2.64. The summed E-state index contributed by atoms with van der Waals surface area (Å²) in [5.41, 5.74) is 3.44. The third-order valence-corrected chi connectivity index (χ3v) is 6.58. The fourth-order valence-corrected chi connectivity index (χ4v) is 4.55. The minimum absolute atomic E-state index is 0.162. The molecule has 1 aliphatic heterocycles. The largest absolute Gasteiger partial charge is 0.361 e. The van der Waals surface area contributed by atoms with Crippen molar-refractivity contribution in [1.82, 2.24) is 15.0 Å². The van der Waals surface area contributed by atoms with E-state index in [0.29, 0.717) is 16.3 Å². The van der Waals surface area contributed by atoms with E-state index in [0.717, 1.165) is 42.7 Å². The number of nitrogens with one attached hydrogen (secondary N) is 1. The fourth-order valence-electron chi connectivity index (χ4n) is 3.68. The molecule has 0 bridgehead atoms. The number of rotatable bonds is 7. The molecular formula is C24H28N4O2S. The van der Waals surface area contributed by atoms with Crippen molar-refractivity contribution < 1.29 is 9.32 Å². The predicted molar refractivity (Wildman–Crippen MR) is 123 cm³/mol.